The van der Waals surface area contributed by atoms with Crippen molar-refractivity contribution in [3.8, 4) is 0 Å². The number of nitrogens with zero attached hydrogens (tertiary/aromatic N) is 2. The van der Waals surface area contributed by atoms with Gasteiger partial charge in [0.2, 0.25) is 26.2 Å². The number of anilines is 2. The summed E-state index contributed by atoms with van der Waals surface area (Å²) in [5.74, 6) is -0.225. The third-order valence-electron chi connectivity index (χ3n) is 2.50. The van der Waals surface area contributed by atoms with Crippen LogP contribution in [0.1, 0.15) is 12.0 Å². The molecule has 118 valence electrons. The van der Waals surface area contributed by atoms with E-state index in [-0.39, 0.29) is 22.6 Å². The predicted molar refractivity (Wildman–Crippen MR) is 86.8 cm³/mol. The second-order valence-electron chi connectivity index (χ2n) is 4.46. The minimum absolute atomic E-state index is 0.107. The van der Waals surface area contributed by atoms with Crippen LogP contribution in [0.2, 0.25) is 5.02 Å². The van der Waals surface area contributed by atoms with Gasteiger partial charge in [-0.05, 0) is 24.1 Å². The summed E-state index contributed by atoms with van der Waals surface area (Å²) in [6, 6.07) is 7.24. The molecule has 2 N–H and O–H groups in total. The SMILES string of the molecule is CS(=O)(=O)Nc1nnc(NC(=O)CCc2ccc(Cl)cc2)s1. The van der Waals surface area contributed by atoms with Crippen LogP contribution >= 0.6 is 22.9 Å². The van der Waals surface area contributed by atoms with Crippen LogP contribution in [0.15, 0.2) is 24.3 Å². The summed E-state index contributed by atoms with van der Waals surface area (Å²) < 4.78 is 24.3. The van der Waals surface area contributed by atoms with Gasteiger partial charge in [0.15, 0.2) is 0 Å². The Bertz CT molecular complexity index is 759. The molecule has 0 bridgehead atoms. The maximum absolute atomic E-state index is 11.8. The molecule has 0 unspecified atom stereocenters. The molecule has 7 nitrogen and oxygen atoms in total. The highest BCUT2D eigenvalue weighted by atomic mass is 35.5. The van der Waals surface area contributed by atoms with Gasteiger partial charge in [-0.2, -0.15) is 0 Å². The fourth-order valence-electron chi connectivity index (χ4n) is 1.56. The number of amides is 1. The number of hydrogen-bond acceptors (Lipinski definition) is 6. The number of hydrogen-bond donors (Lipinski definition) is 2. The molecule has 22 heavy (non-hydrogen) atoms. The van der Waals surface area contributed by atoms with Gasteiger partial charge in [0.1, 0.15) is 0 Å². The molecule has 1 aromatic heterocycles. The highest BCUT2D eigenvalue weighted by Crippen LogP contribution is 2.21. The maximum atomic E-state index is 11.8. The van der Waals surface area contributed by atoms with E-state index in [2.05, 4.69) is 20.2 Å². The van der Waals surface area contributed by atoms with Crippen molar-refractivity contribution >= 4 is 49.1 Å². The van der Waals surface area contributed by atoms with E-state index in [1.165, 1.54) is 0 Å². The zero-order chi connectivity index (χ0) is 16.2. The molecule has 1 heterocycles. The van der Waals surface area contributed by atoms with Gasteiger partial charge in [-0.15, -0.1) is 10.2 Å². The lowest BCUT2D eigenvalue weighted by molar-refractivity contribution is -0.116. The van der Waals surface area contributed by atoms with E-state index in [1.54, 1.807) is 12.1 Å². The number of carbonyl (C=O) groups is 1. The Labute approximate surface area is 136 Å². The quantitative estimate of drug-likeness (QED) is 0.821. The standard InChI is InChI=1S/C12H13ClN4O3S2/c1-22(19,20)17-12-16-15-11(21-12)14-10(18)7-4-8-2-5-9(13)6-3-8/h2-3,5-6H,4,7H2,1H3,(H,16,17)(H,14,15,18). The number of aryl methyl sites for hydroxylation is 1. The number of halogens is 1. The molecule has 0 fully saturated rings. The highest BCUT2D eigenvalue weighted by molar-refractivity contribution is 7.92. The number of rotatable bonds is 6. The van der Waals surface area contributed by atoms with Crippen LogP contribution in [0.5, 0.6) is 0 Å². The molecule has 1 aromatic carbocycles. The minimum atomic E-state index is -3.41. The Kier molecular flexibility index (Phi) is 5.33. The van der Waals surface area contributed by atoms with Crippen molar-refractivity contribution in [1.29, 1.82) is 0 Å². The summed E-state index contributed by atoms with van der Waals surface area (Å²) in [5, 5.41) is 10.9. The zero-order valence-corrected chi connectivity index (χ0v) is 13.9. The molecule has 0 saturated carbocycles. The van der Waals surface area contributed by atoms with Gasteiger partial charge in [0, 0.05) is 11.4 Å². The van der Waals surface area contributed by atoms with Gasteiger partial charge >= 0.3 is 0 Å². The Hall–Kier alpha value is -1.71. The number of benzene rings is 1. The molecule has 10 heteroatoms. The van der Waals surface area contributed by atoms with Gasteiger partial charge in [0.05, 0.1) is 6.26 Å². The van der Waals surface area contributed by atoms with Crippen molar-refractivity contribution in [2.24, 2.45) is 0 Å². The lowest BCUT2D eigenvalue weighted by Gasteiger charge is -2.02. The van der Waals surface area contributed by atoms with Gasteiger partial charge in [-0.25, -0.2) is 8.42 Å². The molecular formula is C12H13ClN4O3S2. The molecule has 0 aliphatic heterocycles. The van der Waals surface area contributed by atoms with Crippen molar-refractivity contribution in [3.05, 3.63) is 34.9 Å². The van der Waals surface area contributed by atoms with Gasteiger partial charge in [-0.3, -0.25) is 9.52 Å². The molecule has 1 amide bonds. The average Bonchev–Trinajstić information content (AvgIpc) is 2.83. The van der Waals surface area contributed by atoms with Crippen molar-refractivity contribution in [2.75, 3.05) is 16.3 Å². The van der Waals surface area contributed by atoms with Crippen LogP contribution in [0.4, 0.5) is 10.3 Å². The fourth-order valence-corrected chi connectivity index (χ4v) is 3.18. The average molecular weight is 361 g/mol. The number of nitrogens with one attached hydrogen (secondary N) is 2. The summed E-state index contributed by atoms with van der Waals surface area (Å²) >= 11 is 6.74. The predicted octanol–water partition coefficient (Wildman–Crippen LogP) is 2.13. The van der Waals surface area contributed by atoms with Crippen LogP contribution in [-0.4, -0.2) is 30.8 Å². The van der Waals surface area contributed by atoms with Crippen molar-refractivity contribution < 1.29 is 13.2 Å². The largest absolute Gasteiger partial charge is 0.300 e. The first-order chi connectivity index (χ1) is 10.3. The normalized spacial score (nSPS) is 11.2. The molecule has 0 atom stereocenters. The van der Waals surface area contributed by atoms with E-state index in [0.29, 0.717) is 11.4 Å². The first kappa shape index (κ1) is 16.7. The molecule has 0 aliphatic carbocycles. The smallest absolute Gasteiger partial charge is 0.231 e. The molecule has 0 radical (unpaired) electrons. The maximum Gasteiger partial charge on any atom is 0.231 e. The Balaban J connectivity index is 1.85. The highest BCUT2D eigenvalue weighted by Gasteiger charge is 2.11. The Morgan fingerprint density at radius 1 is 1.23 bits per heavy atom. The summed E-state index contributed by atoms with van der Waals surface area (Å²) in [6.07, 6.45) is 1.85. The van der Waals surface area contributed by atoms with Crippen LogP contribution in [-0.2, 0) is 21.2 Å². The molecular weight excluding hydrogens is 348 g/mol. The van der Waals surface area contributed by atoms with Crippen molar-refractivity contribution in [2.45, 2.75) is 12.8 Å². The van der Waals surface area contributed by atoms with Gasteiger partial charge < -0.3 is 5.32 Å². The molecule has 0 aliphatic rings. The lowest BCUT2D eigenvalue weighted by Crippen LogP contribution is -2.12. The first-order valence-electron chi connectivity index (χ1n) is 6.17. The molecule has 0 spiro atoms. The molecule has 2 rings (SSSR count). The third kappa shape index (κ3) is 5.58. The minimum Gasteiger partial charge on any atom is -0.300 e. The summed E-state index contributed by atoms with van der Waals surface area (Å²) in [7, 11) is -3.41. The van der Waals surface area contributed by atoms with E-state index >= 15 is 0 Å². The Morgan fingerprint density at radius 2 is 1.86 bits per heavy atom. The van der Waals surface area contributed by atoms with Crippen molar-refractivity contribution in [3.63, 3.8) is 0 Å². The van der Waals surface area contributed by atoms with E-state index < -0.39 is 10.0 Å². The molecule has 2 aromatic rings. The van der Waals surface area contributed by atoms with E-state index in [1.807, 2.05) is 12.1 Å². The Morgan fingerprint density at radius 3 is 2.50 bits per heavy atom. The second-order valence-corrected chi connectivity index (χ2v) is 7.62. The summed E-state index contributed by atoms with van der Waals surface area (Å²) in [6.45, 7) is 0. The number of carbonyl (C=O) groups excluding carboxylic acids is 1. The van der Waals surface area contributed by atoms with Crippen molar-refractivity contribution in [1.82, 2.24) is 10.2 Å². The molecule has 0 saturated heterocycles. The van der Waals surface area contributed by atoms with Gasteiger partial charge in [0.25, 0.3) is 0 Å². The van der Waals surface area contributed by atoms with E-state index in [4.69, 9.17) is 11.6 Å². The van der Waals surface area contributed by atoms with E-state index in [0.717, 1.165) is 23.2 Å². The van der Waals surface area contributed by atoms with Crippen LogP contribution in [0.3, 0.4) is 0 Å². The first-order valence-corrected chi connectivity index (χ1v) is 9.26. The zero-order valence-electron chi connectivity index (χ0n) is 11.5. The number of sulfonamides is 1. The van der Waals surface area contributed by atoms with Crippen LogP contribution in [0.25, 0.3) is 0 Å². The fraction of sp³-hybridized carbons (Fsp3) is 0.250. The van der Waals surface area contributed by atoms with Gasteiger partial charge in [-0.1, -0.05) is 35.1 Å². The van der Waals surface area contributed by atoms with Crippen LogP contribution < -0.4 is 10.0 Å². The number of aromatic nitrogens is 2. The lowest BCUT2D eigenvalue weighted by atomic mass is 10.1. The van der Waals surface area contributed by atoms with Crippen LogP contribution in [0, 0.1) is 0 Å². The summed E-state index contributed by atoms with van der Waals surface area (Å²) in [5.41, 5.74) is 0.997. The topological polar surface area (TPSA) is 101 Å². The third-order valence-corrected chi connectivity index (χ3v) is 4.20. The summed E-state index contributed by atoms with van der Waals surface area (Å²) in [4.78, 5) is 11.8. The van der Waals surface area contributed by atoms with E-state index in [9.17, 15) is 13.2 Å². The second kappa shape index (κ2) is 7.03. The monoisotopic (exact) mass is 360 g/mol.